The van der Waals surface area contributed by atoms with Gasteiger partial charge in [0.25, 0.3) is 0 Å². The molecule has 3 aromatic rings. The van der Waals surface area contributed by atoms with Gasteiger partial charge in [-0.05, 0) is 53.2 Å². The molecule has 2 aromatic carbocycles. The highest BCUT2D eigenvalue weighted by Gasteiger charge is 2.38. The maximum atomic E-state index is 13.9. The molecule has 1 aromatic heterocycles. The molecule has 0 fully saturated rings. The van der Waals surface area contributed by atoms with Crippen molar-refractivity contribution in [3.63, 3.8) is 0 Å². The number of ether oxygens (including phenoxy) is 4. The summed E-state index contributed by atoms with van der Waals surface area (Å²) in [6.45, 7) is 2.40. The molecule has 11 nitrogen and oxygen atoms in total. The second-order valence-corrected chi connectivity index (χ2v) is 7.16. The number of carbonyl (C=O) groups excluding carboxylic acids is 2. The zero-order chi connectivity index (χ0) is 24.2. The van der Waals surface area contributed by atoms with Crippen LogP contribution in [-0.4, -0.2) is 59.9 Å². The van der Waals surface area contributed by atoms with Gasteiger partial charge in [-0.2, -0.15) is 4.68 Å². The molecule has 176 valence electrons. The van der Waals surface area contributed by atoms with E-state index in [1.807, 2.05) is 6.92 Å². The van der Waals surface area contributed by atoms with Crippen LogP contribution in [0.15, 0.2) is 53.7 Å². The molecule has 1 aliphatic rings. The number of Topliss-reactive ketones (excluding diaryl/α,β-unsaturated/α-hetero) is 1. The summed E-state index contributed by atoms with van der Waals surface area (Å²) in [5.74, 6) is 0.542. The lowest BCUT2D eigenvalue weighted by atomic mass is 9.89. The second-order valence-electron chi connectivity index (χ2n) is 7.16. The third-order valence-electron chi connectivity index (χ3n) is 5.30. The Labute approximate surface area is 195 Å². The van der Waals surface area contributed by atoms with Crippen molar-refractivity contribution < 1.29 is 28.5 Å². The van der Waals surface area contributed by atoms with Crippen LogP contribution in [0.3, 0.4) is 0 Å². The SMILES string of the molecule is CCOc1ccc([C@H]2C(C(=O)c3ccc(OC)c(OC)c3)=C(C(=O)OC)Nc3nnnn32)cc1. The van der Waals surface area contributed by atoms with E-state index in [1.165, 1.54) is 26.0 Å². The molecule has 0 spiro atoms. The Balaban J connectivity index is 1.89. The van der Waals surface area contributed by atoms with Crippen LogP contribution in [0.2, 0.25) is 0 Å². The number of allylic oxidation sites excluding steroid dienone is 1. The van der Waals surface area contributed by atoms with Crippen molar-refractivity contribution in [3.8, 4) is 17.2 Å². The number of nitrogens with zero attached hydrogens (tertiary/aromatic N) is 4. The first-order chi connectivity index (χ1) is 16.5. The molecule has 1 N–H and O–H groups in total. The minimum absolute atomic E-state index is 0.0523. The van der Waals surface area contributed by atoms with E-state index in [0.717, 1.165) is 0 Å². The van der Waals surface area contributed by atoms with Crippen molar-refractivity contribution in [1.82, 2.24) is 20.2 Å². The second kappa shape index (κ2) is 9.61. The number of aromatic nitrogens is 4. The van der Waals surface area contributed by atoms with Crippen LogP contribution in [0.4, 0.5) is 5.95 Å². The lowest BCUT2D eigenvalue weighted by Crippen LogP contribution is -2.33. The van der Waals surface area contributed by atoms with Crippen LogP contribution < -0.4 is 19.5 Å². The van der Waals surface area contributed by atoms with Crippen LogP contribution in [-0.2, 0) is 9.53 Å². The molecule has 0 saturated heterocycles. The Hall–Kier alpha value is -4.41. The highest BCUT2D eigenvalue weighted by Crippen LogP contribution is 2.38. The van der Waals surface area contributed by atoms with E-state index in [0.29, 0.717) is 29.4 Å². The van der Waals surface area contributed by atoms with Crippen LogP contribution >= 0.6 is 0 Å². The topological polar surface area (TPSA) is 127 Å². The van der Waals surface area contributed by atoms with Gasteiger partial charge in [0.15, 0.2) is 17.3 Å². The Morgan fingerprint density at radius 3 is 2.41 bits per heavy atom. The van der Waals surface area contributed by atoms with Crippen molar-refractivity contribution in [2.45, 2.75) is 13.0 Å². The number of benzene rings is 2. The molecule has 34 heavy (non-hydrogen) atoms. The van der Waals surface area contributed by atoms with E-state index in [1.54, 1.807) is 42.5 Å². The number of fused-ring (bicyclic) bond motifs is 1. The fourth-order valence-electron chi connectivity index (χ4n) is 3.74. The van der Waals surface area contributed by atoms with Crippen molar-refractivity contribution in [3.05, 3.63) is 64.9 Å². The minimum Gasteiger partial charge on any atom is -0.494 e. The third kappa shape index (κ3) is 4.03. The maximum Gasteiger partial charge on any atom is 0.355 e. The predicted octanol–water partition coefficient (Wildman–Crippen LogP) is 2.41. The van der Waals surface area contributed by atoms with Gasteiger partial charge in [-0.1, -0.05) is 17.2 Å². The number of tetrazole rings is 1. The first kappa shape index (κ1) is 22.8. The molecule has 0 unspecified atom stereocenters. The van der Waals surface area contributed by atoms with Gasteiger partial charge < -0.3 is 24.3 Å². The lowest BCUT2D eigenvalue weighted by molar-refractivity contribution is -0.136. The van der Waals surface area contributed by atoms with Gasteiger partial charge in [0, 0.05) is 5.56 Å². The molecule has 4 rings (SSSR count). The molecule has 0 aliphatic carbocycles. The number of carbonyl (C=O) groups is 2. The molecule has 1 aliphatic heterocycles. The summed E-state index contributed by atoms with van der Waals surface area (Å²) in [4.78, 5) is 26.6. The highest BCUT2D eigenvalue weighted by molar-refractivity contribution is 6.15. The summed E-state index contributed by atoms with van der Waals surface area (Å²) in [5, 5.41) is 14.6. The van der Waals surface area contributed by atoms with Crippen LogP contribution in [0.1, 0.15) is 28.9 Å². The molecule has 11 heteroatoms. The molecule has 0 radical (unpaired) electrons. The summed E-state index contributed by atoms with van der Waals surface area (Å²) in [5.41, 5.74) is 1.01. The van der Waals surface area contributed by atoms with E-state index >= 15 is 0 Å². The first-order valence-electron chi connectivity index (χ1n) is 10.4. The smallest absolute Gasteiger partial charge is 0.355 e. The Bertz CT molecular complexity index is 1250. The van der Waals surface area contributed by atoms with Crippen LogP contribution in [0.5, 0.6) is 17.2 Å². The molecule has 2 heterocycles. The predicted molar refractivity (Wildman–Crippen MR) is 120 cm³/mol. The molecule has 1 atom stereocenters. The van der Waals surface area contributed by atoms with Gasteiger partial charge in [-0.3, -0.25) is 4.79 Å². The summed E-state index contributed by atoms with van der Waals surface area (Å²) in [7, 11) is 4.21. The molecule has 0 saturated carbocycles. The summed E-state index contributed by atoms with van der Waals surface area (Å²) >= 11 is 0. The molecule has 0 amide bonds. The summed E-state index contributed by atoms with van der Waals surface area (Å²) in [6.07, 6.45) is 0. The standard InChI is InChI=1S/C23H23N5O6/c1-5-34-15-9-6-13(7-10-15)20-18(19(22(30)33-4)24-23-25-26-27-28(20)23)21(29)14-8-11-16(31-2)17(12-14)32-3/h6-12,20H,5H2,1-4H3,(H,24,25,27)/t20-/m0/s1. The minimum atomic E-state index is -0.809. The van der Waals surface area contributed by atoms with E-state index in [4.69, 9.17) is 18.9 Å². The van der Waals surface area contributed by atoms with E-state index < -0.39 is 17.8 Å². The zero-order valence-corrected chi connectivity index (χ0v) is 19.1. The van der Waals surface area contributed by atoms with Crippen LogP contribution in [0, 0.1) is 0 Å². The Kier molecular flexibility index (Phi) is 6.44. The summed E-state index contributed by atoms with van der Waals surface area (Å²) in [6, 6.07) is 11.1. The van der Waals surface area contributed by atoms with E-state index in [9.17, 15) is 9.59 Å². The molecule has 0 bridgehead atoms. The normalized spacial score (nSPS) is 14.6. The van der Waals surface area contributed by atoms with Crippen molar-refractivity contribution >= 4 is 17.7 Å². The fraction of sp³-hybridized carbons (Fsp3) is 0.261. The van der Waals surface area contributed by atoms with Gasteiger partial charge >= 0.3 is 5.97 Å². The lowest BCUT2D eigenvalue weighted by Gasteiger charge is -2.28. The number of ketones is 1. The Morgan fingerprint density at radius 2 is 1.76 bits per heavy atom. The van der Waals surface area contributed by atoms with Crippen molar-refractivity contribution in [2.24, 2.45) is 0 Å². The quantitative estimate of drug-likeness (QED) is 0.391. The average Bonchev–Trinajstić information content (AvgIpc) is 3.35. The number of rotatable bonds is 8. The number of hydrogen-bond donors (Lipinski definition) is 1. The largest absolute Gasteiger partial charge is 0.494 e. The highest BCUT2D eigenvalue weighted by atomic mass is 16.5. The van der Waals surface area contributed by atoms with Gasteiger partial charge in [0.2, 0.25) is 5.95 Å². The van der Waals surface area contributed by atoms with Gasteiger partial charge in [0.1, 0.15) is 17.5 Å². The third-order valence-corrected chi connectivity index (χ3v) is 5.30. The van der Waals surface area contributed by atoms with Crippen molar-refractivity contribution in [2.75, 3.05) is 33.3 Å². The number of esters is 1. The van der Waals surface area contributed by atoms with E-state index in [2.05, 4.69) is 20.8 Å². The summed E-state index contributed by atoms with van der Waals surface area (Å²) < 4.78 is 22.6. The average molecular weight is 465 g/mol. The monoisotopic (exact) mass is 465 g/mol. The number of methoxy groups -OCH3 is 3. The number of hydrogen-bond acceptors (Lipinski definition) is 10. The first-order valence-corrected chi connectivity index (χ1v) is 10.4. The van der Waals surface area contributed by atoms with Gasteiger partial charge in [-0.15, -0.1) is 0 Å². The molecular formula is C23H23N5O6. The van der Waals surface area contributed by atoms with E-state index in [-0.39, 0.29) is 22.8 Å². The number of nitrogens with one attached hydrogen (secondary N) is 1. The molecular weight excluding hydrogens is 442 g/mol. The van der Waals surface area contributed by atoms with Crippen molar-refractivity contribution in [1.29, 1.82) is 0 Å². The Morgan fingerprint density at radius 1 is 1.03 bits per heavy atom. The maximum absolute atomic E-state index is 13.9. The van der Waals surface area contributed by atoms with Gasteiger partial charge in [0.05, 0.1) is 33.5 Å². The fourth-order valence-corrected chi connectivity index (χ4v) is 3.74. The van der Waals surface area contributed by atoms with Gasteiger partial charge in [-0.25, -0.2) is 4.79 Å². The van der Waals surface area contributed by atoms with Crippen LogP contribution in [0.25, 0.3) is 0 Å². The number of anilines is 1. The zero-order valence-electron chi connectivity index (χ0n) is 19.1.